The number of amides is 1. The second kappa shape index (κ2) is 13.3. The van der Waals surface area contributed by atoms with Crippen LogP contribution < -0.4 is 14.5 Å². The van der Waals surface area contributed by atoms with Gasteiger partial charge in [-0.15, -0.1) is 0 Å². The number of carbonyl (C=O) groups is 1. The van der Waals surface area contributed by atoms with Crippen molar-refractivity contribution < 1.29 is 53.3 Å². The minimum absolute atomic E-state index is 0.0186. The van der Waals surface area contributed by atoms with Gasteiger partial charge in [0.1, 0.15) is 17.2 Å². The van der Waals surface area contributed by atoms with E-state index in [1.807, 2.05) is 0 Å². The molecule has 4 rings (SSSR count). The smallest absolute Gasteiger partial charge is 0.453 e. The summed E-state index contributed by atoms with van der Waals surface area (Å²) < 4.78 is 137. The molecule has 250 valence electrons. The molecular formula is C28H25F9N4O3S2. The average molecular weight is 701 g/mol. The highest BCUT2D eigenvalue weighted by Gasteiger charge is 2.61. The van der Waals surface area contributed by atoms with Crippen molar-refractivity contribution in [2.24, 2.45) is 0 Å². The number of pyridine rings is 1. The second-order valence-electron chi connectivity index (χ2n) is 10.6. The number of aromatic nitrogens is 1. The van der Waals surface area contributed by atoms with Crippen molar-refractivity contribution in [1.29, 1.82) is 5.26 Å². The highest BCUT2D eigenvalue weighted by molar-refractivity contribution is 7.84. The number of halogens is 9. The summed E-state index contributed by atoms with van der Waals surface area (Å²) in [5, 5.41) is 8.90. The summed E-state index contributed by atoms with van der Waals surface area (Å²) >= 11 is 5.47. The van der Waals surface area contributed by atoms with Crippen LogP contribution in [0.3, 0.4) is 0 Å². The number of hydrogen-bond acceptors (Lipinski definition) is 6. The number of carbonyl (C=O) groups excluding carboxylic acids is 1. The number of rotatable bonds is 12. The van der Waals surface area contributed by atoms with E-state index in [4.69, 9.17) is 17.0 Å². The lowest BCUT2D eigenvalue weighted by Gasteiger charge is -2.43. The van der Waals surface area contributed by atoms with Crippen LogP contribution in [0.1, 0.15) is 56.2 Å². The summed E-state index contributed by atoms with van der Waals surface area (Å²) in [6.45, 7) is -0.0541. The normalized spacial score (nSPS) is 17.3. The first-order valence-corrected chi connectivity index (χ1v) is 15.7. The van der Waals surface area contributed by atoms with Crippen LogP contribution in [0.2, 0.25) is 0 Å². The standard InChI is InChI=1S/C28H25F9N4O3S2/c29-18-15-17(5-6-21(18)44-12-1-2-13-46(43)14-4-10-26(30,31)28(35,36)37)41-24(45)40(23(42)25(41)8-3-9-25)20-7-11-39-19(16-38)22(20)27(32,33)34/h5-7,11,15H,1-4,8-10,12-14H2. The molecule has 1 saturated heterocycles. The van der Waals surface area contributed by atoms with E-state index in [1.165, 1.54) is 23.1 Å². The largest absolute Gasteiger partial charge is 0.491 e. The lowest BCUT2D eigenvalue weighted by molar-refractivity contribution is -0.284. The zero-order valence-electron chi connectivity index (χ0n) is 23.7. The Morgan fingerprint density at radius 3 is 2.28 bits per heavy atom. The summed E-state index contributed by atoms with van der Waals surface area (Å²) in [6, 6.07) is 5.96. The SMILES string of the molecule is N#Cc1nccc(N2C(=O)C3(CCC3)N(c3ccc(OCCCCS(=O)CCCC(F)(F)C(F)(F)F)c(F)c3)C2=S)c1C(F)(F)F. The van der Waals surface area contributed by atoms with E-state index in [9.17, 15) is 49.4 Å². The van der Waals surface area contributed by atoms with E-state index < -0.39 is 76.1 Å². The third kappa shape index (κ3) is 6.94. The van der Waals surface area contributed by atoms with Gasteiger partial charge in [-0.1, -0.05) is 0 Å². The van der Waals surface area contributed by atoms with Gasteiger partial charge in [-0.3, -0.25) is 13.9 Å². The van der Waals surface area contributed by atoms with Crippen molar-refractivity contribution in [3.63, 3.8) is 0 Å². The quantitative estimate of drug-likeness (QED) is 0.133. The Kier molecular flexibility index (Phi) is 10.3. The Morgan fingerprint density at radius 1 is 1.04 bits per heavy atom. The Bertz CT molecular complexity index is 1560. The molecule has 2 heterocycles. The topological polar surface area (TPSA) is 86.5 Å². The van der Waals surface area contributed by atoms with Gasteiger partial charge in [0.25, 0.3) is 5.91 Å². The monoisotopic (exact) mass is 700 g/mol. The molecule has 2 aliphatic rings. The summed E-state index contributed by atoms with van der Waals surface area (Å²) in [5.41, 5.74) is -4.30. The van der Waals surface area contributed by atoms with Gasteiger partial charge >= 0.3 is 18.3 Å². The molecule has 1 saturated carbocycles. The maximum absolute atomic E-state index is 15.1. The Hall–Kier alpha value is -3.46. The molecule has 18 heteroatoms. The third-order valence-corrected chi connectivity index (χ3v) is 9.48. The van der Waals surface area contributed by atoms with Gasteiger partial charge in [0, 0.05) is 46.7 Å². The van der Waals surface area contributed by atoms with Crippen LogP contribution in [0.15, 0.2) is 30.5 Å². The maximum atomic E-state index is 15.1. The summed E-state index contributed by atoms with van der Waals surface area (Å²) in [7, 11) is -1.63. The van der Waals surface area contributed by atoms with E-state index >= 15 is 4.39 Å². The number of nitrogens with zero attached hydrogens (tertiary/aromatic N) is 4. The zero-order valence-corrected chi connectivity index (χ0v) is 25.3. The van der Waals surface area contributed by atoms with Gasteiger partial charge in [0.15, 0.2) is 22.4 Å². The van der Waals surface area contributed by atoms with E-state index in [-0.39, 0.29) is 60.3 Å². The van der Waals surface area contributed by atoms with Gasteiger partial charge in [0.2, 0.25) is 0 Å². The third-order valence-electron chi connectivity index (χ3n) is 7.63. The summed E-state index contributed by atoms with van der Waals surface area (Å²) in [6.07, 6.45) is -10.3. The van der Waals surface area contributed by atoms with Gasteiger partial charge < -0.3 is 9.64 Å². The highest BCUT2D eigenvalue weighted by Crippen LogP contribution is 2.50. The predicted octanol–water partition coefficient (Wildman–Crippen LogP) is 7.06. The number of benzene rings is 1. The Labute approximate surface area is 264 Å². The van der Waals surface area contributed by atoms with Crippen molar-refractivity contribution in [2.75, 3.05) is 27.9 Å². The van der Waals surface area contributed by atoms with Crippen molar-refractivity contribution in [3.8, 4) is 11.8 Å². The van der Waals surface area contributed by atoms with Crippen LogP contribution in [0.25, 0.3) is 0 Å². The van der Waals surface area contributed by atoms with E-state index in [2.05, 4.69) is 4.98 Å². The lowest BCUT2D eigenvalue weighted by atomic mass is 9.75. The average Bonchev–Trinajstić information content (AvgIpc) is 3.18. The highest BCUT2D eigenvalue weighted by atomic mass is 32.2. The van der Waals surface area contributed by atoms with Crippen LogP contribution >= 0.6 is 12.2 Å². The first-order chi connectivity index (χ1) is 21.4. The first kappa shape index (κ1) is 35.4. The van der Waals surface area contributed by atoms with Gasteiger partial charge in [-0.25, -0.2) is 9.37 Å². The van der Waals surface area contributed by atoms with Crippen LogP contribution in [0.4, 0.5) is 50.9 Å². The van der Waals surface area contributed by atoms with E-state index in [0.29, 0.717) is 11.3 Å². The van der Waals surface area contributed by atoms with Crippen molar-refractivity contribution >= 4 is 45.4 Å². The van der Waals surface area contributed by atoms with Crippen molar-refractivity contribution in [3.05, 3.63) is 47.5 Å². The molecule has 2 aromatic rings. The van der Waals surface area contributed by atoms with Crippen LogP contribution in [-0.4, -0.2) is 56.0 Å². The minimum Gasteiger partial charge on any atom is -0.491 e. The molecule has 1 amide bonds. The number of thiocarbonyl (C=S) groups is 1. The number of hydrogen-bond donors (Lipinski definition) is 0. The van der Waals surface area contributed by atoms with Crippen LogP contribution in [0.5, 0.6) is 5.75 Å². The molecule has 0 N–H and O–H groups in total. The van der Waals surface area contributed by atoms with Gasteiger partial charge in [-0.05, 0) is 68.9 Å². The number of anilines is 2. The molecular weight excluding hydrogens is 675 g/mol. The molecule has 1 aliphatic heterocycles. The molecule has 0 bridgehead atoms. The minimum atomic E-state index is -5.67. The van der Waals surface area contributed by atoms with Crippen LogP contribution in [0, 0.1) is 17.1 Å². The molecule has 7 nitrogen and oxygen atoms in total. The van der Waals surface area contributed by atoms with E-state index in [1.54, 1.807) is 0 Å². The van der Waals surface area contributed by atoms with Crippen LogP contribution in [-0.2, 0) is 21.8 Å². The Morgan fingerprint density at radius 2 is 1.72 bits per heavy atom. The molecule has 1 unspecified atom stereocenters. The second-order valence-corrected chi connectivity index (χ2v) is 12.7. The summed E-state index contributed by atoms with van der Waals surface area (Å²) in [5.74, 6) is -7.00. The molecule has 1 spiro atoms. The van der Waals surface area contributed by atoms with Gasteiger partial charge in [0.05, 0.1) is 12.3 Å². The number of ether oxygens (including phenoxy) is 1. The van der Waals surface area contributed by atoms with Crippen molar-refractivity contribution in [2.45, 2.75) is 68.8 Å². The first-order valence-electron chi connectivity index (χ1n) is 13.8. The molecule has 1 atom stereocenters. The molecule has 1 aliphatic carbocycles. The fourth-order valence-electron chi connectivity index (χ4n) is 5.19. The zero-order chi connectivity index (χ0) is 34.1. The fourth-order valence-corrected chi connectivity index (χ4v) is 6.85. The molecule has 1 aromatic heterocycles. The molecule has 2 fully saturated rings. The van der Waals surface area contributed by atoms with Crippen molar-refractivity contribution in [1.82, 2.24) is 4.98 Å². The number of alkyl halides is 8. The molecule has 0 radical (unpaired) electrons. The lowest BCUT2D eigenvalue weighted by Crippen LogP contribution is -2.55. The maximum Gasteiger partial charge on any atom is 0.453 e. The number of unbranched alkanes of at least 4 members (excludes halogenated alkanes) is 1. The summed E-state index contributed by atoms with van der Waals surface area (Å²) in [4.78, 5) is 19.1. The Balaban J connectivity index is 1.40. The number of nitriles is 1. The molecule has 1 aromatic carbocycles. The molecule has 46 heavy (non-hydrogen) atoms. The van der Waals surface area contributed by atoms with Gasteiger partial charge in [-0.2, -0.15) is 40.4 Å². The predicted molar refractivity (Wildman–Crippen MR) is 152 cm³/mol. The fraction of sp³-hybridized carbons (Fsp3) is 0.500. The van der Waals surface area contributed by atoms with E-state index in [0.717, 1.165) is 18.3 Å².